The Kier molecular flexibility index (Phi) is 5.20. The summed E-state index contributed by atoms with van der Waals surface area (Å²) in [5.74, 6) is -0.711. The Balaban J connectivity index is 2.13. The number of hydrogen-bond acceptors (Lipinski definition) is 3. The van der Waals surface area contributed by atoms with Crippen molar-refractivity contribution in [2.75, 3.05) is 6.54 Å². The number of hydrogen-bond donors (Lipinski definition) is 0. The smallest absolute Gasteiger partial charge is 0.334 e. The fourth-order valence-electron chi connectivity index (χ4n) is 3.06. The van der Waals surface area contributed by atoms with Crippen molar-refractivity contribution >= 4 is 21.1 Å². The molecule has 0 N–H and O–H groups in total. The third-order valence-electron chi connectivity index (χ3n) is 4.40. The lowest BCUT2D eigenvalue weighted by molar-refractivity contribution is -0.173. The van der Waals surface area contributed by atoms with E-state index in [1.165, 1.54) is 31.5 Å². The molecule has 1 heterocycles. The average molecular weight is 415 g/mol. The maximum absolute atomic E-state index is 13.8. The van der Waals surface area contributed by atoms with Crippen molar-refractivity contribution < 1.29 is 26.0 Å². The standard InChI is InChI=1S/C18H17F4N3O2S/c1-3-25(17(18(20,21)22)12-4-6-13(19)7-5-12)28(26,27)14-8-9-15-16(10-14)24(2)11-23-15/h4-11,17H,3H2,1-2H3. The van der Waals surface area contributed by atoms with E-state index in [0.29, 0.717) is 15.3 Å². The van der Waals surface area contributed by atoms with Gasteiger partial charge in [-0.3, -0.25) is 0 Å². The minimum atomic E-state index is -4.89. The molecule has 0 aliphatic carbocycles. The zero-order valence-corrected chi connectivity index (χ0v) is 15.8. The lowest BCUT2D eigenvalue weighted by Crippen LogP contribution is -2.42. The van der Waals surface area contributed by atoms with Gasteiger partial charge in [0.25, 0.3) is 0 Å². The average Bonchev–Trinajstić information content (AvgIpc) is 3.00. The van der Waals surface area contributed by atoms with Crippen LogP contribution in [0.5, 0.6) is 0 Å². The summed E-state index contributed by atoms with van der Waals surface area (Å²) in [6, 6.07) is 5.14. The van der Waals surface area contributed by atoms with Crippen LogP contribution in [-0.2, 0) is 17.1 Å². The van der Waals surface area contributed by atoms with Crippen molar-refractivity contribution in [1.29, 1.82) is 0 Å². The van der Waals surface area contributed by atoms with Crippen molar-refractivity contribution in [2.24, 2.45) is 7.05 Å². The summed E-state index contributed by atoms with van der Waals surface area (Å²) >= 11 is 0. The van der Waals surface area contributed by atoms with Crippen LogP contribution in [0.3, 0.4) is 0 Å². The molecular formula is C18H17F4N3O2S. The quantitative estimate of drug-likeness (QED) is 0.592. The Morgan fingerprint density at radius 1 is 1.14 bits per heavy atom. The lowest BCUT2D eigenvalue weighted by atomic mass is 10.1. The molecule has 0 aliphatic rings. The third kappa shape index (κ3) is 3.61. The van der Waals surface area contributed by atoms with Crippen LogP contribution in [-0.4, -0.2) is 35.0 Å². The Bertz CT molecular complexity index is 1090. The van der Waals surface area contributed by atoms with Gasteiger partial charge in [-0.05, 0) is 35.9 Å². The van der Waals surface area contributed by atoms with Gasteiger partial charge in [-0.25, -0.2) is 17.8 Å². The van der Waals surface area contributed by atoms with E-state index in [2.05, 4.69) is 4.98 Å². The summed E-state index contributed by atoms with van der Waals surface area (Å²) in [5.41, 5.74) is 0.638. The number of halogens is 4. The van der Waals surface area contributed by atoms with E-state index in [4.69, 9.17) is 0 Å². The Labute approximate surface area is 159 Å². The van der Waals surface area contributed by atoms with Crippen molar-refractivity contribution in [3.05, 3.63) is 60.2 Å². The number of imidazole rings is 1. The molecule has 0 radical (unpaired) electrons. The molecule has 1 unspecified atom stereocenters. The maximum atomic E-state index is 13.8. The molecule has 5 nitrogen and oxygen atoms in total. The van der Waals surface area contributed by atoms with E-state index in [0.717, 1.165) is 24.3 Å². The second-order valence-electron chi connectivity index (χ2n) is 6.21. The van der Waals surface area contributed by atoms with Gasteiger partial charge in [-0.2, -0.15) is 17.5 Å². The number of fused-ring (bicyclic) bond motifs is 1. The summed E-state index contributed by atoms with van der Waals surface area (Å²) in [7, 11) is -2.85. The van der Waals surface area contributed by atoms with Gasteiger partial charge in [0.1, 0.15) is 11.9 Å². The van der Waals surface area contributed by atoms with Gasteiger partial charge in [0.2, 0.25) is 10.0 Å². The molecule has 1 atom stereocenters. The van der Waals surface area contributed by atoms with Crippen molar-refractivity contribution in [3.63, 3.8) is 0 Å². The number of alkyl halides is 3. The van der Waals surface area contributed by atoms with E-state index >= 15 is 0 Å². The molecule has 0 aliphatic heterocycles. The minimum Gasteiger partial charge on any atom is -0.334 e. The van der Waals surface area contributed by atoms with E-state index in [-0.39, 0.29) is 10.5 Å². The fourth-order valence-corrected chi connectivity index (χ4v) is 4.69. The van der Waals surface area contributed by atoms with Gasteiger partial charge in [0.15, 0.2) is 0 Å². The lowest BCUT2D eigenvalue weighted by Gasteiger charge is -2.31. The molecule has 0 saturated heterocycles. The predicted octanol–water partition coefficient (Wildman–Crippen LogP) is 4.03. The molecule has 0 amide bonds. The molecule has 1 aromatic heterocycles. The molecule has 3 aromatic rings. The largest absolute Gasteiger partial charge is 0.409 e. The molecule has 0 saturated carbocycles. The number of benzene rings is 2. The summed E-state index contributed by atoms with van der Waals surface area (Å²) < 4.78 is 82.8. The van der Waals surface area contributed by atoms with Gasteiger partial charge < -0.3 is 4.57 Å². The van der Waals surface area contributed by atoms with Gasteiger partial charge in [0, 0.05) is 13.6 Å². The first-order chi connectivity index (χ1) is 13.1. The maximum Gasteiger partial charge on any atom is 0.409 e. The summed E-state index contributed by atoms with van der Waals surface area (Å²) in [5, 5.41) is 0. The van der Waals surface area contributed by atoms with E-state index in [1.54, 1.807) is 11.6 Å². The number of nitrogens with zero attached hydrogens (tertiary/aromatic N) is 3. The highest BCUT2D eigenvalue weighted by Gasteiger charge is 2.48. The molecule has 3 rings (SSSR count). The molecule has 0 bridgehead atoms. The minimum absolute atomic E-state index is 0.276. The first kappa shape index (κ1) is 20.3. The second kappa shape index (κ2) is 7.17. The molecule has 28 heavy (non-hydrogen) atoms. The molecular weight excluding hydrogens is 398 g/mol. The third-order valence-corrected chi connectivity index (χ3v) is 6.34. The van der Waals surface area contributed by atoms with Crippen molar-refractivity contribution in [3.8, 4) is 0 Å². The Morgan fingerprint density at radius 2 is 1.79 bits per heavy atom. The molecule has 10 heteroatoms. The number of aryl methyl sites for hydroxylation is 1. The van der Waals surface area contributed by atoms with Gasteiger partial charge in [-0.15, -0.1) is 0 Å². The topological polar surface area (TPSA) is 55.2 Å². The highest BCUT2D eigenvalue weighted by atomic mass is 32.2. The van der Waals surface area contributed by atoms with Gasteiger partial charge >= 0.3 is 6.18 Å². The normalized spacial score (nSPS) is 14.0. The van der Waals surface area contributed by atoms with Crippen LogP contribution in [0.25, 0.3) is 11.0 Å². The summed E-state index contributed by atoms with van der Waals surface area (Å²) in [6.45, 7) is 0.899. The fraction of sp³-hybridized carbons (Fsp3) is 0.278. The Morgan fingerprint density at radius 3 is 2.36 bits per heavy atom. The summed E-state index contributed by atoms with van der Waals surface area (Å²) in [6.07, 6.45) is -3.41. The zero-order valence-electron chi connectivity index (χ0n) is 15.0. The molecule has 0 spiro atoms. The predicted molar refractivity (Wildman–Crippen MR) is 95.5 cm³/mol. The highest BCUT2D eigenvalue weighted by Crippen LogP contribution is 2.40. The van der Waals surface area contributed by atoms with E-state index in [9.17, 15) is 26.0 Å². The first-order valence-corrected chi connectivity index (χ1v) is 9.75. The van der Waals surface area contributed by atoms with Crippen LogP contribution in [0.1, 0.15) is 18.5 Å². The SMILES string of the molecule is CCN(C(c1ccc(F)cc1)C(F)(F)F)S(=O)(=O)c1ccc2ncn(C)c2c1. The zero-order chi connectivity index (χ0) is 20.7. The number of sulfonamides is 1. The summed E-state index contributed by atoms with van der Waals surface area (Å²) in [4.78, 5) is 3.80. The molecule has 0 fully saturated rings. The van der Waals surface area contributed by atoms with Crippen LogP contribution in [0, 0.1) is 5.82 Å². The van der Waals surface area contributed by atoms with Gasteiger partial charge in [-0.1, -0.05) is 19.1 Å². The number of rotatable bonds is 5. The van der Waals surface area contributed by atoms with Crippen molar-refractivity contribution in [2.45, 2.75) is 24.0 Å². The van der Waals surface area contributed by atoms with E-state index in [1.807, 2.05) is 0 Å². The van der Waals surface area contributed by atoms with E-state index < -0.39 is 34.6 Å². The highest BCUT2D eigenvalue weighted by molar-refractivity contribution is 7.89. The van der Waals surface area contributed by atoms with Crippen LogP contribution in [0.15, 0.2) is 53.7 Å². The molecule has 150 valence electrons. The van der Waals surface area contributed by atoms with Gasteiger partial charge in [0.05, 0.1) is 22.3 Å². The second-order valence-corrected chi connectivity index (χ2v) is 8.10. The first-order valence-electron chi connectivity index (χ1n) is 8.31. The van der Waals surface area contributed by atoms with Crippen LogP contribution in [0.4, 0.5) is 17.6 Å². The number of aromatic nitrogens is 2. The van der Waals surface area contributed by atoms with Crippen LogP contribution in [0.2, 0.25) is 0 Å². The van der Waals surface area contributed by atoms with Crippen LogP contribution < -0.4 is 0 Å². The van der Waals surface area contributed by atoms with Crippen molar-refractivity contribution in [1.82, 2.24) is 13.9 Å². The van der Waals surface area contributed by atoms with Crippen LogP contribution >= 0.6 is 0 Å². The Hall–Kier alpha value is -2.46. The molecule has 2 aromatic carbocycles. The monoisotopic (exact) mass is 415 g/mol.